The van der Waals surface area contributed by atoms with Crippen molar-refractivity contribution in [3.05, 3.63) is 0 Å². The molecule has 116 valence electrons. The summed E-state index contributed by atoms with van der Waals surface area (Å²) in [5, 5.41) is 0. The lowest BCUT2D eigenvalue weighted by Gasteiger charge is -2.40. The van der Waals surface area contributed by atoms with Gasteiger partial charge in [-0.1, -0.05) is 38.5 Å². The highest BCUT2D eigenvalue weighted by atomic mass is 16.5. The first kappa shape index (κ1) is 14.8. The maximum atomic E-state index is 5.92. The van der Waals surface area contributed by atoms with Gasteiger partial charge in [0.2, 0.25) is 0 Å². The van der Waals surface area contributed by atoms with Gasteiger partial charge in [0.25, 0.3) is 0 Å². The monoisotopic (exact) mass is 279 g/mol. The normalized spacial score (nSPS) is 44.4. The molecule has 0 bridgehead atoms. The standard InChI is InChI=1S/C18H33NO/c1-14-12-19(13-15(2)20-14)18-9-7-5-3-4-6-8-16-10-17(16)11-18/h14-18H,3-13H2,1-2H3. The third-order valence-electron chi connectivity index (χ3n) is 5.72. The van der Waals surface area contributed by atoms with Gasteiger partial charge >= 0.3 is 0 Å². The molecular formula is C18H33NO. The largest absolute Gasteiger partial charge is 0.373 e. The molecule has 0 N–H and O–H groups in total. The fourth-order valence-corrected chi connectivity index (χ4v) is 4.58. The van der Waals surface area contributed by atoms with Crippen LogP contribution >= 0.6 is 0 Å². The van der Waals surface area contributed by atoms with E-state index in [1.165, 1.54) is 57.8 Å². The molecule has 2 nitrogen and oxygen atoms in total. The number of rotatable bonds is 1. The smallest absolute Gasteiger partial charge is 0.0678 e. The maximum Gasteiger partial charge on any atom is 0.0678 e. The molecule has 1 saturated heterocycles. The fourth-order valence-electron chi connectivity index (χ4n) is 4.58. The molecule has 0 amide bonds. The van der Waals surface area contributed by atoms with Gasteiger partial charge in [-0.05, 0) is 44.9 Å². The third-order valence-corrected chi connectivity index (χ3v) is 5.72. The van der Waals surface area contributed by atoms with Crippen molar-refractivity contribution in [2.45, 2.75) is 89.9 Å². The van der Waals surface area contributed by atoms with E-state index in [4.69, 9.17) is 4.74 Å². The molecule has 1 aliphatic heterocycles. The number of hydrogen-bond donors (Lipinski definition) is 0. The van der Waals surface area contributed by atoms with Crippen LogP contribution in [0.2, 0.25) is 0 Å². The van der Waals surface area contributed by atoms with E-state index in [0.717, 1.165) is 31.0 Å². The predicted molar refractivity (Wildman–Crippen MR) is 83.9 cm³/mol. The van der Waals surface area contributed by atoms with Gasteiger partial charge in [-0.15, -0.1) is 0 Å². The van der Waals surface area contributed by atoms with Crippen LogP contribution in [-0.4, -0.2) is 36.2 Å². The number of fused-ring (bicyclic) bond motifs is 1. The molecule has 2 heteroatoms. The van der Waals surface area contributed by atoms with Crippen molar-refractivity contribution < 1.29 is 4.74 Å². The van der Waals surface area contributed by atoms with E-state index in [0.29, 0.717) is 12.2 Å². The van der Waals surface area contributed by atoms with E-state index < -0.39 is 0 Å². The molecule has 0 aromatic rings. The molecule has 1 heterocycles. The Morgan fingerprint density at radius 3 is 2.15 bits per heavy atom. The minimum atomic E-state index is 0.423. The summed E-state index contributed by atoms with van der Waals surface area (Å²) in [6, 6.07) is 0.844. The number of morpholine rings is 1. The Morgan fingerprint density at radius 1 is 0.750 bits per heavy atom. The Kier molecular flexibility index (Phi) is 5.04. The average molecular weight is 279 g/mol. The van der Waals surface area contributed by atoms with Crippen LogP contribution in [-0.2, 0) is 4.74 Å². The molecule has 20 heavy (non-hydrogen) atoms. The van der Waals surface area contributed by atoms with Gasteiger partial charge in [-0.3, -0.25) is 4.90 Å². The average Bonchev–Trinajstić information content (AvgIpc) is 3.12. The second-order valence-corrected chi connectivity index (χ2v) is 7.70. The van der Waals surface area contributed by atoms with E-state index in [2.05, 4.69) is 18.7 Å². The summed E-state index contributed by atoms with van der Waals surface area (Å²) in [7, 11) is 0. The molecule has 5 unspecified atom stereocenters. The van der Waals surface area contributed by atoms with Crippen LogP contribution in [0.4, 0.5) is 0 Å². The molecule has 3 aliphatic rings. The molecule has 0 aromatic carbocycles. The van der Waals surface area contributed by atoms with Crippen LogP contribution in [0.3, 0.4) is 0 Å². The lowest BCUT2D eigenvalue weighted by Crippen LogP contribution is -2.50. The van der Waals surface area contributed by atoms with Crippen LogP contribution < -0.4 is 0 Å². The number of hydrogen-bond acceptors (Lipinski definition) is 2. The zero-order valence-corrected chi connectivity index (χ0v) is 13.5. The van der Waals surface area contributed by atoms with E-state index in [1.807, 2.05) is 0 Å². The fraction of sp³-hybridized carbons (Fsp3) is 1.00. The SMILES string of the molecule is CC1CN(C2CCCCCCCC3CC3C2)CC(C)O1. The molecule has 2 aliphatic carbocycles. The molecule has 0 spiro atoms. The summed E-state index contributed by atoms with van der Waals surface area (Å²) in [4.78, 5) is 2.77. The topological polar surface area (TPSA) is 12.5 Å². The van der Waals surface area contributed by atoms with Crippen LogP contribution in [0.1, 0.15) is 71.6 Å². The second-order valence-electron chi connectivity index (χ2n) is 7.70. The van der Waals surface area contributed by atoms with E-state index >= 15 is 0 Å². The van der Waals surface area contributed by atoms with Crippen molar-refractivity contribution in [1.29, 1.82) is 0 Å². The van der Waals surface area contributed by atoms with Gasteiger partial charge in [0.05, 0.1) is 12.2 Å². The zero-order valence-electron chi connectivity index (χ0n) is 13.5. The first-order chi connectivity index (χ1) is 9.72. The van der Waals surface area contributed by atoms with Crippen molar-refractivity contribution in [2.24, 2.45) is 11.8 Å². The summed E-state index contributed by atoms with van der Waals surface area (Å²) in [5.74, 6) is 2.15. The third kappa shape index (κ3) is 3.98. The van der Waals surface area contributed by atoms with Gasteiger partial charge in [0.15, 0.2) is 0 Å². The Labute approximate surface area is 125 Å². The molecule has 0 aromatic heterocycles. The first-order valence-corrected chi connectivity index (χ1v) is 9.12. The first-order valence-electron chi connectivity index (χ1n) is 9.12. The van der Waals surface area contributed by atoms with Gasteiger partial charge < -0.3 is 4.74 Å². The number of nitrogens with zero attached hydrogens (tertiary/aromatic N) is 1. The van der Waals surface area contributed by atoms with E-state index in [1.54, 1.807) is 0 Å². The summed E-state index contributed by atoms with van der Waals surface area (Å²) < 4.78 is 5.92. The van der Waals surface area contributed by atoms with E-state index in [9.17, 15) is 0 Å². The Hall–Kier alpha value is -0.0800. The van der Waals surface area contributed by atoms with Gasteiger partial charge in [0.1, 0.15) is 0 Å². The summed E-state index contributed by atoms with van der Waals surface area (Å²) in [5.41, 5.74) is 0. The van der Waals surface area contributed by atoms with E-state index in [-0.39, 0.29) is 0 Å². The van der Waals surface area contributed by atoms with Crippen molar-refractivity contribution >= 4 is 0 Å². The molecule has 3 rings (SSSR count). The Balaban J connectivity index is 1.59. The lowest BCUT2D eigenvalue weighted by molar-refractivity contribution is -0.0829. The van der Waals surface area contributed by atoms with Crippen LogP contribution in [0.5, 0.6) is 0 Å². The van der Waals surface area contributed by atoms with Crippen molar-refractivity contribution in [3.63, 3.8) is 0 Å². The Bertz CT molecular complexity index is 296. The molecule has 3 fully saturated rings. The van der Waals surface area contributed by atoms with Gasteiger partial charge in [-0.25, -0.2) is 0 Å². The van der Waals surface area contributed by atoms with Crippen molar-refractivity contribution in [2.75, 3.05) is 13.1 Å². The minimum Gasteiger partial charge on any atom is -0.373 e. The summed E-state index contributed by atoms with van der Waals surface area (Å²) >= 11 is 0. The second kappa shape index (κ2) is 6.79. The highest BCUT2D eigenvalue weighted by Gasteiger charge is 2.39. The Morgan fingerprint density at radius 2 is 1.40 bits per heavy atom. The zero-order chi connectivity index (χ0) is 13.9. The number of ether oxygens (including phenoxy) is 1. The van der Waals surface area contributed by atoms with Crippen molar-refractivity contribution in [3.8, 4) is 0 Å². The maximum absolute atomic E-state index is 5.92. The summed E-state index contributed by atoms with van der Waals surface area (Å²) in [6.45, 7) is 6.81. The summed E-state index contributed by atoms with van der Waals surface area (Å²) in [6.07, 6.45) is 14.2. The van der Waals surface area contributed by atoms with Crippen LogP contribution in [0.25, 0.3) is 0 Å². The highest BCUT2D eigenvalue weighted by molar-refractivity contribution is 4.91. The van der Waals surface area contributed by atoms with Gasteiger partial charge in [0, 0.05) is 19.1 Å². The molecule has 5 atom stereocenters. The predicted octanol–water partition coefficient (Wildman–Crippen LogP) is 4.23. The van der Waals surface area contributed by atoms with Crippen molar-refractivity contribution in [1.82, 2.24) is 4.90 Å². The quantitative estimate of drug-likeness (QED) is 0.712. The minimum absolute atomic E-state index is 0.423. The molecule has 0 radical (unpaired) electrons. The van der Waals surface area contributed by atoms with Crippen LogP contribution in [0.15, 0.2) is 0 Å². The lowest BCUT2D eigenvalue weighted by atomic mass is 9.99. The highest BCUT2D eigenvalue weighted by Crippen LogP contribution is 2.47. The molecular weight excluding hydrogens is 246 g/mol. The van der Waals surface area contributed by atoms with Crippen LogP contribution in [0, 0.1) is 11.8 Å². The van der Waals surface area contributed by atoms with Gasteiger partial charge in [-0.2, -0.15) is 0 Å². The molecule has 2 saturated carbocycles.